The molecule has 2 amide bonds. The van der Waals surface area contributed by atoms with Crippen molar-refractivity contribution in [3.63, 3.8) is 0 Å². The largest absolute Gasteiger partial charge is 0.372 e. The van der Waals surface area contributed by atoms with Crippen molar-refractivity contribution in [1.29, 1.82) is 0 Å². The second kappa shape index (κ2) is 10.6. The first kappa shape index (κ1) is 20.9. The van der Waals surface area contributed by atoms with Crippen molar-refractivity contribution >= 4 is 40.6 Å². The molecule has 0 aliphatic carbocycles. The Morgan fingerprint density at radius 1 is 1.29 bits per heavy atom. The third kappa shape index (κ3) is 6.63. The molecule has 1 aliphatic rings. The lowest BCUT2D eigenvalue weighted by Gasteiger charge is -2.21. The predicted molar refractivity (Wildman–Crippen MR) is 113 cm³/mol. The van der Waals surface area contributed by atoms with Crippen LogP contribution in [0.5, 0.6) is 0 Å². The molecule has 0 radical (unpaired) electrons. The van der Waals surface area contributed by atoms with Crippen LogP contribution in [-0.4, -0.2) is 43.4 Å². The van der Waals surface area contributed by atoms with Crippen molar-refractivity contribution in [2.24, 2.45) is 5.73 Å². The van der Waals surface area contributed by atoms with Gasteiger partial charge in [-0.2, -0.15) is 0 Å². The molecule has 1 aromatic carbocycles. The molecule has 2 atom stereocenters. The van der Waals surface area contributed by atoms with E-state index < -0.39 is 0 Å². The van der Waals surface area contributed by atoms with Gasteiger partial charge in [0.15, 0.2) is 6.54 Å². The number of ether oxygens (including phenoxy) is 1. The number of nitrogens with one attached hydrogen (secondary N) is 2. The number of hydrogen-bond acceptors (Lipinski definition) is 5. The fourth-order valence-electron chi connectivity index (χ4n) is 3.26. The van der Waals surface area contributed by atoms with E-state index in [4.69, 9.17) is 10.5 Å². The van der Waals surface area contributed by atoms with Crippen LogP contribution in [-0.2, 0) is 20.9 Å². The van der Waals surface area contributed by atoms with E-state index >= 15 is 0 Å². The molecule has 2 heterocycles. The molecule has 150 valence electrons. The maximum atomic E-state index is 12.7. The van der Waals surface area contributed by atoms with Crippen LogP contribution in [0.1, 0.15) is 17.7 Å². The molecule has 0 saturated carbocycles. The Morgan fingerprint density at radius 3 is 2.86 bits per heavy atom. The molecular weight excluding hydrogens is 394 g/mol. The van der Waals surface area contributed by atoms with Gasteiger partial charge < -0.3 is 20.7 Å². The Morgan fingerprint density at radius 2 is 2.14 bits per heavy atom. The van der Waals surface area contributed by atoms with Gasteiger partial charge in [-0.15, -0.1) is 23.1 Å². The summed E-state index contributed by atoms with van der Waals surface area (Å²) in [5, 5.41) is 5.06. The van der Waals surface area contributed by atoms with Crippen molar-refractivity contribution < 1.29 is 19.2 Å². The average molecular weight is 421 g/mol. The quantitative estimate of drug-likeness (QED) is 0.509. The summed E-state index contributed by atoms with van der Waals surface area (Å²) in [6, 6.07) is 11.6. The van der Waals surface area contributed by atoms with E-state index in [-0.39, 0.29) is 23.7 Å². The summed E-state index contributed by atoms with van der Waals surface area (Å²) in [5.74, 6) is -0.243. The van der Waals surface area contributed by atoms with Crippen LogP contribution in [0.4, 0.5) is 5.69 Å². The highest BCUT2D eigenvalue weighted by molar-refractivity contribution is 8.00. The first-order valence-corrected chi connectivity index (χ1v) is 11.2. The highest BCUT2D eigenvalue weighted by atomic mass is 32.2. The molecule has 1 fully saturated rings. The number of para-hydroxylation sites is 1. The number of amides is 2. The molecular formula is C20H26N3O3S2+. The maximum Gasteiger partial charge on any atom is 0.279 e. The second-order valence-corrected chi connectivity index (χ2v) is 8.87. The van der Waals surface area contributed by atoms with E-state index in [1.807, 2.05) is 30.3 Å². The predicted octanol–water partition coefficient (Wildman–Crippen LogP) is 1.53. The Balaban J connectivity index is 1.62. The average Bonchev–Trinajstić information content (AvgIpc) is 3.35. The molecule has 0 bridgehead atoms. The van der Waals surface area contributed by atoms with Crippen LogP contribution >= 0.6 is 23.1 Å². The standard InChI is InChI=1S/C20H25N3O3S2/c21-19(24)14-28-18-8-2-1-7-17(18)22-20(25)13-23(11-15-5-3-9-26-15)12-16-6-4-10-27-16/h1-2,4,6-8,10,15H,3,5,9,11-14H2,(H2,21,24)(H,22,25)/p+1/t15-/m1/s1. The van der Waals surface area contributed by atoms with Crippen LogP contribution in [0.3, 0.4) is 0 Å². The van der Waals surface area contributed by atoms with Gasteiger partial charge in [-0.25, -0.2) is 0 Å². The first-order valence-electron chi connectivity index (χ1n) is 9.37. The van der Waals surface area contributed by atoms with Gasteiger partial charge in [0, 0.05) is 11.5 Å². The molecule has 3 rings (SSSR count). The summed E-state index contributed by atoms with van der Waals surface area (Å²) in [4.78, 5) is 27.1. The summed E-state index contributed by atoms with van der Waals surface area (Å²) in [6.07, 6.45) is 2.37. The van der Waals surface area contributed by atoms with Gasteiger partial charge >= 0.3 is 0 Å². The molecule has 0 spiro atoms. The van der Waals surface area contributed by atoms with Gasteiger partial charge in [-0.1, -0.05) is 18.2 Å². The first-order chi connectivity index (χ1) is 13.6. The second-order valence-electron chi connectivity index (χ2n) is 6.82. The fraction of sp³-hybridized carbons (Fsp3) is 0.400. The lowest BCUT2D eigenvalue weighted by molar-refractivity contribution is -0.908. The number of carbonyl (C=O) groups excluding carboxylic acids is 2. The zero-order chi connectivity index (χ0) is 19.8. The molecule has 1 aromatic heterocycles. The van der Waals surface area contributed by atoms with E-state index in [0.29, 0.717) is 12.2 Å². The Hall–Kier alpha value is -1.87. The summed E-state index contributed by atoms with van der Waals surface area (Å²) in [6.45, 7) is 2.81. The van der Waals surface area contributed by atoms with Gasteiger partial charge in [-0.3, -0.25) is 9.59 Å². The van der Waals surface area contributed by atoms with Gasteiger partial charge in [0.1, 0.15) is 19.2 Å². The topological polar surface area (TPSA) is 85.9 Å². The normalized spacial score (nSPS) is 17.4. The maximum absolute atomic E-state index is 12.7. The van der Waals surface area contributed by atoms with Gasteiger partial charge in [-0.05, 0) is 36.4 Å². The lowest BCUT2D eigenvalue weighted by Crippen LogP contribution is -3.12. The van der Waals surface area contributed by atoms with Crippen molar-refractivity contribution in [3.05, 3.63) is 46.7 Å². The molecule has 1 unspecified atom stereocenters. The van der Waals surface area contributed by atoms with Crippen molar-refractivity contribution in [3.8, 4) is 0 Å². The molecule has 1 aliphatic heterocycles. The summed E-state index contributed by atoms with van der Waals surface area (Å²) < 4.78 is 5.78. The van der Waals surface area contributed by atoms with Gasteiger partial charge in [0.05, 0.1) is 16.3 Å². The smallest absolute Gasteiger partial charge is 0.279 e. The number of hydrogen-bond donors (Lipinski definition) is 3. The lowest BCUT2D eigenvalue weighted by atomic mass is 10.2. The van der Waals surface area contributed by atoms with Crippen LogP contribution in [0.25, 0.3) is 0 Å². The zero-order valence-electron chi connectivity index (χ0n) is 15.7. The number of rotatable bonds is 10. The monoisotopic (exact) mass is 420 g/mol. The third-order valence-corrected chi connectivity index (χ3v) is 6.46. The Kier molecular flexibility index (Phi) is 7.90. The number of anilines is 1. The number of primary amides is 1. The number of nitrogens with two attached hydrogens (primary N) is 1. The molecule has 1 saturated heterocycles. The van der Waals surface area contributed by atoms with Crippen LogP contribution in [0.15, 0.2) is 46.7 Å². The van der Waals surface area contributed by atoms with E-state index in [9.17, 15) is 9.59 Å². The number of benzene rings is 1. The molecule has 28 heavy (non-hydrogen) atoms. The summed E-state index contributed by atoms with van der Waals surface area (Å²) >= 11 is 3.04. The van der Waals surface area contributed by atoms with Crippen LogP contribution in [0.2, 0.25) is 0 Å². The number of quaternary nitrogens is 1. The minimum atomic E-state index is -0.380. The highest BCUT2D eigenvalue weighted by Crippen LogP contribution is 2.26. The minimum absolute atomic E-state index is 0.0447. The number of thiophene rings is 1. The molecule has 8 heteroatoms. The van der Waals surface area contributed by atoms with Crippen LogP contribution in [0, 0.1) is 0 Å². The van der Waals surface area contributed by atoms with Crippen LogP contribution < -0.4 is 16.0 Å². The number of carbonyl (C=O) groups is 2. The van der Waals surface area contributed by atoms with Crippen molar-refractivity contribution in [1.82, 2.24) is 0 Å². The zero-order valence-corrected chi connectivity index (χ0v) is 17.3. The SMILES string of the molecule is NC(=O)CSc1ccccc1NC(=O)C[NH+](Cc1cccs1)C[C@H]1CCCO1. The molecule has 2 aromatic rings. The van der Waals surface area contributed by atoms with Crippen molar-refractivity contribution in [2.75, 3.05) is 30.8 Å². The Labute approximate surface area is 173 Å². The van der Waals surface area contributed by atoms with Gasteiger partial charge in [0.2, 0.25) is 5.91 Å². The van der Waals surface area contributed by atoms with E-state index in [1.165, 1.54) is 21.5 Å². The summed E-state index contributed by atoms with van der Waals surface area (Å²) in [7, 11) is 0. The fourth-order valence-corrected chi connectivity index (χ4v) is 4.78. The summed E-state index contributed by atoms with van der Waals surface area (Å²) in [5.41, 5.74) is 5.95. The van der Waals surface area contributed by atoms with Gasteiger partial charge in [0.25, 0.3) is 5.91 Å². The van der Waals surface area contributed by atoms with Crippen molar-refractivity contribution in [2.45, 2.75) is 30.4 Å². The van der Waals surface area contributed by atoms with E-state index in [0.717, 1.165) is 37.4 Å². The van der Waals surface area contributed by atoms with E-state index in [2.05, 4.69) is 16.8 Å². The highest BCUT2D eigenvalue weighted by Gasteiger charge is 2.24. The minimum Gasteiger partial charge on any atom is -0.372 e. The van der Waals surface area contributed by atoms with E-state index in [1.54, 1.807) is 11.3 Å². The number of thioether (sulfide) groups is 1. The third-order valence-electron chi connectivity index (χ3n) is 4.49. The molecule has 4 N–H and O–H groups in total. The molecule has 6 nitrogen and oxygen atoms in total. The Bertz CT molecular complexity index is 777.